The summed E-state index contributed by atoms with van der Waals surface area (Å²) < 4.78 is 7.19. The smallest absolute Gasteiger partial charge is 0.407 e. The summed E-state index contributed by atoms with van der Waals surface area (Å²) in [5.74, 6) is 0.718. The summed E-state index contributed by atoms with van der Waals surface area (Å²) >= 11 is 0. The number of nitrogens with zero attached hydrogens (tertiary/aromatic N) is 5. The maximum absolute atomic E-state index is 12.0. The van der Waals surface area contributed by atoms with Crippen LogP contribution in [0.3, 0.4) is 0 Å². The molecule has 0 aromatic carbocycles. The van der Waals surface area contributed by atoms with Gasteiger partial charge in [0, 0.05) is 31.4 Å². The maximum Gasteiger partial charge on any atom is 0.407 e. The van der Waals surface area contributed by atoms with Gasteiger partial charge in [0.2, 0.25) is 5.95 Å². The second-order valence-electron chi connectivity index (χ2n) is 7.19. The number of hydrogen-bond donors (Lipinski definition) is 1. The fraction of sp³-hybridized carbons (Fsp3) is 0.529. The maximum atomic E-state index is 12.0. The number of carbonyl (C=O) groups excluding carboxylic acids is 1. The lowest BCUT2D eigenvalue weighted by Gasteiger charge is -2.33. The van der Waals surface area contributed by atoms with Gasteiger partial charge in [-0.15, -0.1) is 10.2 Å². The lowest BCUT2D eigenvalue weighted by Crippen LogP contribution is -2.49. The van der Waals surface area contributed by atoms with Crippen LogP contribution < -0.4 is 10.2 Å². The lowest BCUT2D eigenvalue weighted by molar-refractivity contribution is 0.0500. The van der Waals surface area contributed by atoms with E-state index in [1.54, 1.807) is 18.3 Å². The standard InChI is InChI=1S/C17H22N6O2/c1-17(2,3)25-16(24)19-13-5-4-7-22(11-13)15-21-20-14-9-12(10-18)6-8-23(14)15/h6,8-9,13H,4-5,7,11H2,1-3H3,(H,19,24)/t13-/m1/s1. The molecule has 0 aliphatic carbocycles. The van der Waals surface area contributed by atoms with Gasteiger partial charge in [0.1, 0.15) is 5.60 Å². The van der Waals surface area contributed by atoms with E-state index in [1.807, 2.05) is 25.2 Å². The molecule has 1 atom stereocenters. The molecule has 1 aliphatic rings. The number of nitrogens with one attached hydrogen (secondary N) is 1. The van der Waals surface area contributed by atoms with Crippen molar-refractivity contribution in [3.05, 3.63) is 23.9 Å². The van der Waals surface area contributed by atoms with E-state index in [1.165, 1.54) is 0 Å². The normalized spacial score (nSPS) is 18.0. The number of ether oxygens (including phenoxy) is 1. The Morgan fingerprint density at radius 1 is 1.44 bits per heavy atom. The first-order chi connectivity index (χ1) is 11.9. The van der Waals surface area contributed by atoms with Crippen molar-refractivity contribution in [3.8, 4) is 6.07 Å². The van der Waals surface area contributed by atoms with Crippen molar-refractivity contribution >= 4 is 17.7 Å². The van der Waals surface area contributed by atoms with Crippen molar-refractivity contribution < 1.29 is 9.53 Å². The molecule has 8 nitrogen and oxygen atoms in total. The van der Waals surface area contributed by atoms with Crippen LogP contribution in [0.4, 0.5) is 10.7 Å². The van der Waals surface area contributed by atoms with Crippen LogP contribution in [0.15, 0.2) is 18.3 Å². The Kier molecular flexibility index (Phi) is 4.49. The van der Waals surface area contributed by atoms with Gasteiger partial charge in [-0.2, -0.15) is 5.26 Å². The second-order valence-corrected chi connectivity index (χ2v) is 7.19. The highest BCUT2D eigenvalue weighted by molar-refractivity contribution is 5.68. The van der Waals surface area contributed by atoms with Gasteiger partial charge in [-0.25, -0.2) is 4.79 Å². The van der Waals surface area contributed by atoms with Crippen LogP contribution in [0.25, 0.3) is 5.65 Å². The molecule has 0 radical (unpaired) electrons. The molecular weight excluding hydrogens is 320 g/mol. The number of anilines is 1. The molecule has 25 heavy (non-hydrogen) atoms. The first-order valence-electron chi connectivity index (χ1n) is 8.35. The monoisotopic (exact) mass is 342 g/mol. The summed E-state index contributed by atoms with van der Waals surface area (Å²) in [5, 5.41) is 20.3. The van der Waals surface area contributed by atoms with Crippen LogP contribution in [0.2, 0.25) is 0 Å². The van der Waals surface area contributed by atoms with Crippen molar-refractivity contribution in [2.75, 3.05) is 18.0 Å². The number of pyridine rings is 1. The quantitative estimate of drug-likeness (QED) is 0.898. The Balaban J connectivity index is 1.71. The number of alkyl carbamates (subject to hydrolysis) is 1. The number of fused-ring (bicyclic) bond motifs is 1. The zero-order chi connectivity index (χ0) is 18.0. The van der Waals surface area contributed by atoms with Crippen LogP contribution in [0.5, 0.6) is 0 Å². The molecule has 1 amide bonds. The molecule has 0 unspecified atom stereocenters. The van der Waals surface area contributed by atoms with E-state index < -0.39 is 11.7 Å². The Labute approximate surface area is 146 Å². The third-order valence-corrected chi connectivity index (χ3v) is 3.95. The number of carbonyl (C=O) groups is 1. The van der Waals surface area contributed by atoms with E-state index in [0.29, 0.717) is 17.8 Å². The average Bonchev–Trinajstić information content (AvgIpc) is 2.96. The molecule has 1 fully saturated rings. The summed E-state index contributed by atoms with van der Waals surface area (Å²) in [6.45, 7) is 7.01. The van der Waals surface area contributed by atoms with Crippen molar-refractivity contribution in [1.29, 1.82) is 5.26 Å². The Bertz CT molecular complexity index is 817. The second kappa shape index (κ2) is 6.59. The summed E-state index contributed by atoms with van der Waals surface area (Å²) in [4.78, 5) is 14.1. The molecule has 1 saturated heterocycles. The van der Waals surface area contributed by atoms with E-state index >= 15 is 0 Å². The van der Waals surface area contributed by atoms with Gasteiger partial charge in [0.15, 0.2) is 5.65 Å². The molecule has 0 saturated carbocycles. The summed E-state index contributed by atoms with van der Waals surface area (Å²) in [7, 11) is 0. The summed E-state index contributed by atoms with van der Waals surface area (Å²) in [5.41, 5.74) is 0.672. The highest BCUT2D eigenvalue weighted by Gasteiger charge is 2.26. The van der Waals surface area contributed by atoms with Gasteiger partial charge < -0.3 is 15.0 Å². The molecule has 3 rings (SSSR count). The minimum Gasteiger partial charge on any atom is -0.444 e. The number of hydrogen-bond acceptors (Lipinski definition) is 6. The van der Waals surface area contributed by atoms with Gasteiger partial charge >= 0.3 is 6.09 Å². The molecule has 1 N–H and O–H groups in total. The number of aromatic nitrogens is 3. The lowest BCUT2D eigenvalue weighted by atomic mass is 10.1. The van der Waals surface area contributed by atoms with E-state index in [9.17, 15) is 4.79 Å². The molecule has 0 spiro atoms. The SMILES string of the molecule is CC(C)(C)OC(=O)N[C@@H]1CCCN(c2nnc3cc(C#N)ccn23)C1. The predicted molar refractivity (Wildman–Crippen MR) is 92.3 cm³/mol. The largest absolute Gasteiger partial charge is 0.444 e. The number of nitriles is 1. The van der Waals surface area contributed by atoms with Crippen LogP contribution in [0.1, 0.15) is 39.2 Å². The van der Waals surface area contributed by atoms with Gasteiger partial charge in [0.25, 0.3) is 0 Å². The average molecular weight is 342 g/mol. The molecule has 3 heterocycles. The molecule has 2 aromatic rings. The van der Waals surface area contributed by atoms with Gasteiger partial charge in [-0.1, -0.05) is 0 Å². The first-order valence-corrected chi connectivity index (χ1v) is 8.35. The molecular formula is C17H22N6O2. The van der Waals surface area contributed by atoms with E-state index in [0.717, 1.165) is 25.3 Å². The number of amides is 1. The van der Waals surface area contributed by atoms with Crippen molar-refractivity contribution in [3.63, 3.8) is 0 Å². The van der Waals surface area contributed by atoms with Crippen LogP contribution in [-0.4, -0.2) is 45.4 Å². The fourth-order valence-corrected chi connectivity index (χ4v) is 2.91. The minimum absolute atomic E-state index is 0.00525. The molecule has 1 aliphatic heterocycles. The van der Waals surface area contributed by atoms with E-state index in [4.69, 9.17) is 10.00 Å². The topological polar surface area (TPSA) is 95.5 Å². The Hall–Kier alpha value is -2.82. The summed E-state index contributed by atoms with van der Waals surface area (Å²) in [6, 6.07) is 5.54. The first kappa shape index (κ1) is 17.0. The van der Waals surface area contributed by atoms with Crippen molar-refractivity contribution in [2.45, 2.75) is 45.3 Å². The van der Waals surface area contributed by atoms with Crippen LogP contribution in [-0.2, 0) is 4.74 Å². The summed E-state index contributed by atoms with van der Waals surface area (Å²) in [6.07, 6.45) is 3.23. The van der Waals surface area contributed by atoms with Crippen LogP contribution >= 0.6 is 0 Å². The zero-order valence-electron chi connectivity index (χ0n) is 14.7. The van der Waals surface area contributed by atoms with Gasteiger partial charge in [-0.3, -0.25) is 4.40 Å². The van der Waals surface area contributed by atoms with Gasteiger partial charge in [-0.05, 0) is 39.7 Å². The minimum atomic E-state index is -0.514. The molecule has 8 heteroatoms. The third-order valence-electron chi connectivity index (χ3n) is 3.95. The van der Waals surface area contributed by atoms with Gasteiger partial charge in [0.05, 0.1) is 11.6 Å². The van der Waals surface area contributed by atoms with Crippen molar-refractivity contribution in [1.82, 2.24) is 19.9 Å². The van der Waals surface area contributed by atoms with Crippen molar-refractivity contribution in [2.24, 2.45) is 0 Å². The number of piperidine rings is 1. The van der Waals surface area contributed by atoms with Crippen LogP contribution in [0, 0.1) is 11.3 Å². The zero-order valence-corrected chi connectivity index (χ0v) is 14.7. The third kappa shape index (κ3) is 3.99. The Morgan fingerprint density at radius 2 is 2.24 bits per heavy atom. The molecule has 132 valence electrons. The highest BCUT2D eigenvalue weighted by Crippen LogP contribution is 2.20. The number of rotatable bonds is 2. The predicted octanol–water partition coefficient (Wildman–Crippen LogP) is 2.09. The van der Waals surface area contributed by atoms with E-state index in [-0.39, 0.29) is 6.04 Å². The highest BCUT2D eigenvalue weighted by atomic mass is 16.6. The van der Waals surface area contributed by atoms with E-state index in [2.05, 4.69) is 26.5 Å². The molecule has 2 aromatic heterocycles. The Morgan fingerprint density at radius 3 is 2.96 bits per heavy atom. The molecule has 0 bridgehead atoms. The fourth-order valence-electron chi connectivity index (χ4n) is 2.91.